The normalized spacial score (nSPS) is 13.1. The Kier molecular flexibility index (Phi) is 5.26. The molecule has 98 valence electrons. The zero-order valence-electron chi connectivity index (χ0n) is 11.5. The van der Waals surface area contributed by atoms with E-state index in [2.05, 4.69) is 32.9 Å². The van der Waals surface area contributed by atoms with Crippen molar-refractivity contribution in [3.05, 3.63) is 35.4 Å². The Labute approximate surface area is 109 Å². The summed E-state index contributed by atoms with van der Waals surface area (Å²) in [7, 11) is 0. The molecular formula is C16H22O2. The van der Waals surface area contributed by atoms with Crippen molar-refractivity contribution in [2.45, 2.75) is 51.4 Å². The first-order valence-electron chi connectivity index (χ1n) is 6.48. The maximum absolute atomic E-state index is 11.1. The van der Waals surface area contributed by atoms with Crippen LogP contribution in [0.1, 0.15) is 57.1 Å². The Balaban J connectivity index is 2.75. The molecule has 2 heteroatoms. The number of aldehydes is 2. The molecule has 18 heavy (non-hydrogen) atoms. The van der Waals surface area contributed by atoms with Gasteiger partial charge in [-0.3, -0.25) is 0 Å². The van der Waals surface area contributed by atoms with Gasteiger partial charge in [-0.05, 0) is 29.4 Å². The molecule has 1 rings (SSSR count). The molecule has 0 fully saturated rings. The first-order chi connectivity index (χ1) is 8.49. The van der Waals surface area contributed by atoms with Crippen LogP contribution in [0.5, 0.6) is 0 Å². The third kappa shape index (κ3) is 4.10. The van der Waals surface area contributed by atoms with Crippen molar-refractivity contribution in [1.82, 2.24) is 0 Å². The predicted octanol–water partition coefficient (Wildman–Crippen LogP) is 3.64. The summed E-state index contributed by atoms with van der Waals surface area (Å²) in [6.45, 7) is 6.51. The molecule has 0 spiro atoms. The zero-order valence-corrected chi connectivity index (χ0v) is 11.5. The topological polar surface area (TPSA) is 34.1 Å². The zero-order chi connectivity index (χ0) is 13.6. The standard InChI is InChI=1S/C16H22O2/c1-16(2,3)15-9-7-13(8-10-15)14(12-18)6-4-5-11-17/h7-12,14H,4-6H2,1-3H3. The van der Waals surface area contributed by atoms with Crippen LogP contribution in [-0.2, 0) is 15.0 Å². The van der Waals surface area contributed by atoms with E-state index in [-0.39, 0.29) is 11.3 Å². The van der Waals surface area contributed by atoms with E-state index >= 15 is 0 Å². The number of carbonyl (C=O) groups excluding carboxylic acids is 2. The van der Waals surface area contributed by atoms with E-state index in [9.17, 15) is 9.59 Å². The summed E-state index contributed by atoms with van der Waals surface area (Å²) >= 11 is 0. The summed E-state index contributed by atoms with van der Waals surface area (Å²) in [5.41, 5.74) is 2.44. The van der Waals surface area contributed by atoms with Gasteiger partial charge in [-0.2, -0.15) is 0 Å². The van der Waals surface area contributed by atoms with Crippen LogP contribution in [0.4, 0.5) is 0 Å². The number of benzene rings is 1. The number of unbranched alkanes of at least 4 members (excludes halogenated alkanes) is 1. The van der Waals surface area contributed by atoms with E-state index in [1.807, 2.05) is 12.1 Å². The fourth-order valence-corrected chi connectivity index (χ4v) is 1.96. The van der Waals surface area contributed by atoms with Gasteiger partial charge in [0.2, 0.25) is 0 Å². The Morgan fingerprint density at radius 1 is 1.11 bits per heavy atom. The van der Waals surface area contributed by atoms with E-state index in [1.54, 1.807) is 0 Å². The molecule has 1 aromatic rings. The van der Waals surface area contributed by atoms with Crippen molar-refractivity contribution in [1.29, 1.82) is 0 Å². The van der Waals surface area contributed by atoms with Gasteiger partial charge < -0.3 is 9.59 Å². The molecule has 0 aliphatic carbocycles. The smallest absolute Gasteiger partial charge is 0.127 e. The first kappa shape index (κ1) is 14.6. The van der Waals surface area contributed by atoms with Gasteiger partial charge in [-0.1, -0.05) is 45.0 Å². The lowest BCUT2D eigenvalue weighted by molar-refractivity contribution is -0.110. The Bertz CT molecular complexity index is 385. The van der Waals surface area contributed by atoms with E-state index in [0.717, 1.165) is 31.0 Å². The van der Waals surface area contributed by atoms with Crippen molar-refractivity contribution in [3.63, 3.8) is 0 Å². The van der Waals surface area contributed by atoms with E-state index in [0.29, 0.717) is 6.42 Å². The average molecular weight is 246 g/mol. The number of carbonyl (C=O) groups is 2. The molecular weight excluding hydrogens is 224 g/mol. The van der Waals surface area contributed by atoms with Gasteiger partial charge in [0.15, 0.2) is 0 Å². The largest absolute Gasteiger partial charge is 0.303 e. The number of hydrogen-bond acceptors (Lipinski definition) is 2. The van der Waals surface area contributed by atoms with Gasteiger partial charge in [0.1, 0.15) is 12.6 Å². The van der Waals surface area contributed by atoms with Crippen LogP contribution in [0.25, 0.3) is 0 Å². The quantitative estimate of drug-likeness (QED) is 0.567. The number of hydrogen-bond donors (Lipinski definition) is 0. The molecule has 0 radical (unpaired) electrons. The second-order valence-corrected chi connectivity index (χ2v) is 5.71. The monoisotopic (exact) mass is 246 g/mol. The van der Waals surface area contributed by atoms with Crippen molar-refractivity contribution >= 4 is 12.6 Å². The van der Waals surface area contributed by atoms with Crippen LogP contribution in [0.15, 0.2) is 24.3 Å². The van der Waals surface area contributed by atoms with Crippen LogP contribution in [-0.4, -0.2) is 12.6 Å². The Morgan fingerprint density at radius 3 is 2.17 bits per heavy atom. The van der Waals surface area contributed by atoms with Crippen LogP contribution in [0, 0.1) is 0 Å². The van der Waals surface area contributed by atoms with Gasteiger partial charge in [-0.15, -0.1) is 0 Å². The molecule has 0 saturated carbocycles. The third-order valence-corrected chi connectivity index (χ3v) is 3.21. The van der Waals surface area contributed by atoms with Gasteiger partial charge in [-0.25, -0.2) is 0 Å². The molecule has 0 amide bonds. The van der Waals surface area contributed by atoms with E-state index in [4.69, 9.17) is 0 Å². The van der Waals surface area contributed by atoms with Crippen molar-refractivity contribution in [2.24, 2.45) is 0 Å². The number of rotatable bonds is 6. The highest BCUT2D eigenvalue weighted by Gasteiger charge is 2.15. The van der Waals surface area contributed by atoms with Crippen LogP contribution < -0.4 is 0 Å². The van der Waals surface area contributed by atoms with E-state index in [1.165, 1.54) is 5.56 Å². The van der Waals surface area contributed by atoms with Crippen LogP contribution in [0.3, 0.4) is 0 Å². The van der Waals surface area contributed by atoms with Gasteiger partial charge >= 0.3 is 0 Å². The second kappa shape index (κ2) is 6.48. The first-order valence-corrected chi connectivity index (χ1v) is 6.48. The lowest BCUT2D eigenvalue weighted by Gasteiger charge is -2.20. The van der Waals surface area contributed by atoms with Crippen molar-refractivity contribution < 1.29 is 9.59 Å². The maximum atomic E-state index is 11.1. The summed E-state index contributed by atoms with van der Waals surface area (Å²) in [4.78, 5) is 21.4. The molecule has 0 bridgehead atoms. The third-order valence-electron chi connectivity index (χ3n) is 3.21. The molecule has 2 nitrogen and oxygen atoms in total. The summed E-state index contributed by atoms with van der Waals surface area (Å²) in [6.07, 6.45) is 3.94. The Hall–Kier alpha value is -1.44. The minimum absolute atomic E-state index is 0.0843. The molecule has 0 N–H and O–H groups in total. The van der Waals surface area contributed by atoms with E-state index < -0.39 is 0 Å². The molecule has 1 unspecified atom stereocenters. The maximum Gasteiger partial charge on any atom is 0.127 e. The highest BCUT2D eigenvalue weighted by molar-refractivity contribution is 5.62. The molecule has 1 aromatic carbocycles. The fraction of sp³-hybridized carbons (Fsp3) is 0.500. The van der Waals surface area contributed by atoms with Gasteiger partial charge in [0.25, 0.3) is 0 Å². The lowest BCUT2D eigenvalue weighted by Crippen LogP contribution is -2.11. The summed E-state index contributed by atoms with van der Waals surface area (Å²) < 4.78 is 0. The van der Waals surface area contributed by atoms with Crippen molar-refractivity contribution in [3.8, 4) is 0 Å². The minimum Gasteiger partial charge on any atom is -0.303 e. The fourth-order valence-electron chi connectivity index (χ4n) is 1.96. The average Bonchev–Trinajstić information content (AvgIpc) is 2.34. The van der Waals surface area contributed by atoms with Crippen LogP contribution in [0.2, 0.25) is 0 Å². The Morgan fingerprint density at radius 2 is 1.72 bits per heavy atom. The lowest BCUT2D eigenvalue weighted by atomic mass is 9.85. The summed E-state index contributed by atoms with van der Waals surface area (Å²) in [5.74, 6) is -0.0843. The summed E-state index contributed by atoms with van der Waals surface area (Å²) in [5, 5.41) is 0. The summed E-state index contributed by atoms with van der Waals surface area (Å²) in [6, 6.07) is 8.23. The molecule has 0 aliphatic rings. The van der Waals surface area contributed by atoms with Crippen LogP contribution >= 0.6 is 0 Å². The van der Waals surface area contributed by atoms with Gasteiger partial charge in [0, 0.05) is 12.3 Å². The molecule has 0 saturated heterocycles. The highest BCUT2D eigenvalue weighted by Crippen LogP contribution is 2.25. The predicted molar refractivity (Wildman–Crippen MR) is 73.9 cm³/mol. The second-order valence-electron chi connectivity index (χ2n) is 5.71. The molecule has 0 heterocycles. The molecule has 0 aromatic heterocycles. The van der Waals surface area contributed by atoms with Crippen molar-refractivity contribution in [2.75, 3.05) is 0 Å². The molecule has 0 aliphatic heterocycles. The SMILES string of the molecule is CC(C)(C)c1ccc(C(C=O)CCCC=O)cc1. The highest BCUT2D eigenvalue weighted by atomic mass is 16.1. The van der Waals surface area contributed by atoms with Gasteiger partial charge in [0.05, 0.1) is 0 Å². The minimum atomic E-state index is -0.0843. The molecule has 1 atom stereocenters.